The summed E-state index contributed by atoms with van der Waals surface area (Å²) >= 11 is 1.75. The Morgan fingerprint density at radius 3 is 2.81 bits per heavy atom. The minimum Gasteiger partial charge on any atom is -0.376 e. The Morgan fingerprint density at radius 2 is 2.25 bits per heavy atom. The highest BCUT2D eigenvalue weighted by Crippen LogP contribution is 2.16. The van der Waals surface area contributed by atoms with Crippen molar-refractivity contribution in [2.45, 2.75) is 27.3 Å². The number of thiazole rings is 1. The summed E-state index contributed by atoms with van der Waals surface area (Å²) in [5.41, 5.74) is 2.20. The molecule has 16 heavy (non-hydrogen) atoms. The highest BCUT2D eigenvalue weighted by molar-refractivity contribution is 7.11. The molecule has 0 aliphatic rings. The Balaban J connectivity index is 2.11. The maximum Gasteiger partial charge on any atom is 0.0900 e. The molecule has 0 atom stereocenters. The van der Waals surface area contributed by atoms with Crippen molar-refractivity contribution in [2.24, 2.45) is 0 Å². The zero-order valence-corrected chi connectivity index (χ0v) is 11.1. The minimum absolute atomic E-state index is 0.653. The van der Waals surface area contributed by atoms with Crippen LogP contribution in [0.5, 0.6) is 0 Å². The van der Waals surface area contributed by atoms with Crippen molar-refractivity contribution < 1.29 is 4.74 Å². The third-order valence-corrected chi connectivity index (χ3v) is 3.13. The standard InChI is InChI=1S/C12H20N2OS/c1-9(2)8-15-6-5-13-7-12-10(3)14-11(4)16-12/h13H,1,5-8H2,2-4H3. The van der Waals surface area contributed by atoms with Crippen LogP contribution >= 0.6 is 11.3 Å². The van der Waals surface area contributed by atoms with Crippen LogP contribution in [-0.4, -0.2) is 24.7 Å². The highest BCUT2D eigenvalue weighted by Gasteiger charge is 2.03. The Morgan fingerprint density at radius 1 is 1.50 bits per heavy atom. The van der Waals surface area contributed by atoms with E-state index in [2.05, 4.69) is 23.8 Å². The van der Waals surface area contributed by atoms with Gasteiger partial charge in [0.2, 0.25) is 0 Å². The van der Waals surface area contributed by atoms with Crippen LogP contribution in [0, 0.1) is 13.8 Å². The van der Waals surface area contributed by atoms with E-state index in [-0.39, 0.29) is 0 Å². The first-order chi connectivity index (χ1) is 7.59. The molecule has 0 amide bonds. The molecule has 4 heteroatoms. The van der Waals surface area contributed by atoms with E-state index >= 15 is 0 Å². The van der Waals surface area contributed by atoms with Gasteiger partial charge in [0, 0.05) is 18.0 Å². The van der Waals surface area contributed by atoms with Gasteiger partial charge in [0.05, 0.1) is 23.9 Å². The van der Waals surface area contributed by atoms with Crippen molar-refractivity contribution in [3.8, 4) is 0 Å². The van der Waals surface area contributed by atoms with Gasteiger partial charge in [0.25, 0.3) is 0 Å². The first-order valence-electron chi connectivity index (χ1n) is 5.45. The van der Waals surface area contributed by atoms with E-state index in [0.717, 1.165) is 36.0 Å². The van der Waals surface area contributed by atoms with Crippen LogP contribution in [0.25, 0.3) is 0 Å². The second-order valence-electron chi connectivity index (χ2n) is 3.93. The number of aryl methyl sites for hydroxylation is 2. The molecule has 1 aromatic rings. The summed E-state index contributed by atoms with van der Waals surface area (Å²) in [7, 11) is 0. The van der Waals surface area contributed by atoms with Crippen molar-refractivity contribution in [3.05, 3.63) is 27.7 Å². The zero-order valence-electron chi connectivity index (χ0n) is 10.3. The van der Waals surface area contributed by atoms with Gasteiger partial charge in [0.1, 0.15) is 0 Å². The first-order valence-corrected chi connectivity index (χ1v) is 6.27. The molecule has 0 fully saturated rings. The first kappa shape index (κ1) is 13.4. The number of nitrogens with one attached hydrogen (secondary N) is 1. The predicted molar refractivity (Wildman–Crippen MR) is 68.9 cm³/mol. The van der Waals surface area contributed by atoms with Crippen molar-refractivity contribution in [2.75, 3.05) is 19.8 Å². The molecule has 0 aliphatic carbocycles. The molecule has 0 unspecified atom stereocenters. The smallest absolute Gasteiger partial charge is 0.0900 e. The summed E-state index contributed by atoms with van der Waals surface area (Å²) in [6.07, 6.45) is 0. The summed E-state index contributed by atoms with van der Waals surface area (Å²) in [5.74, 6) is 0. The Hall–Kier alpha value is -0.710. The minimum atomic E-state index is 0.653. The van der Waals surface area contributed by atoms with Crippen molar-refractivity contribution in [3.63, 3.8) is 0 Å². The molecule has 1 heterocycles. The van der Waals surface area contributed by atoms with Crippen molar-refractivity contribution in [1.29, 1.82) is 0 Å². The average molecular weight is 240 g/mol. The molecule has 0 saturated carbocycles. The van der Waals surface area contributed by atoms with Crippen LogP contribution in [0.2, 0.25) is 0 Å². The predicted octanol–water partition coefficient (Wildman–Crippen LogP) is 2.44. The third-order valence-electron chi connectivity index (χ3n) is 2.06. The number of rotatable bonds is 7. The SMILES string of the molecule is C=C(C)COCCNCc1sc(C)nc1C. The van der Waals surface area contributed by atoms with Gasteiger partial charge < -0.3 is 10.1 Å². The second kappa shape index (κ2) is 6.78. The molecule has 0 bridgehead atoms. The van der Waals surface area contributed by atoms with Gasteiger partial charge >= 0.3 is 0 Å². The average Bonchev–Trinajstić information content (AvgIpc) is 2.50. The van der Waals surface area contributed by atoms with Gasteiger partial charge in [-0.05, 0) is 20.8 Å². The van der Waals surface area contributed by atoms with Gasteiger partial charge in [0.15, 0.2) is 0 Å². The number of ether oxygens (including phenoxy) is 1. The van der Waals surface area contributed by atoms with E-state index in [4.69, 9.17) is 4.74 Å². The fourth-order valence-corrected chi connectivity index (χ4v) is 2.24. The maximum atomic E-state index is 5.39. The van der Waals surface area contributed by atoms with Gasteiger partial charge in [-0.3, -0.25) is 0 Å². The molecule has 1 N–H and O–H groups in total. The van der Waals surface area contributed by atoms with Crippen LogP contribution in [0.3, 0.4) is 0 Å². The summed E-state index contributed by atoms with van der Waals surface area (Å²) < 4.78 is 5.39. The Bertz CT molecular complexity index is 347. The summed E-state index contributed by atoms with van der Waals surface area (Å²) in [6, 6.07) is 0. The van der Waals surface area contributed by atoms with Crippen LogP contribution in [0.15, 0.2) is 12.2 Å². The van der Waals surface area contributed by atoms with Crippen LogP contribution in [-0.2, 0) is 11.3 Å². The number of aromatic nitrogens is 1. The van der Waals surface area contributed by atoms with Gasteiger partial charge in [-0.1, -0.05) is 12.2 Å². The molecule has 0 spiro atoms. The highest BCUT2D eigenvalue weighted by atomic mass is 32.1. The number of hydrogen-bond donors (Lipinski definition) is 1. The quantitative estimate of drug-likeness (QED) is 0.587. The van der Waals surface area contributed by atoms with E-state index in [1.54, 1.807) is 11.3 Å². The molecule has 90 valence electrons. The van der Waals surface area contributed by atoms with Gasteiger partial charge in [-0.25, -0.2) is 4.98 Å². The second-order valence-corrected chi connectivity index (χ2v) is 5.22. The third kappa shape index (κ3) is 4.88. The topological polar surface area (TPSA) is 34.1 Å². The summed E-state index contributed by atoms with van der Waals surface area (Å²) in [6.45, 7) is 13.0. The van der Waals surface area contributed by atoms with E-state index in [1.165, 1.54) is 4.88 Å². The molecular weight excluding hydrogens is 220 g/mol. The fraction of sp³-hybridized carbons (Fsp3) is 0.583. The molecule has 3 nitrogen and oxygen atoms in total. The van der Waals surface area contributed by atoms with Crippen LogP contribution < -0.4 is 5.32 Å². The summed E-state index contributed by atoms with van der Waals surface area (Å²) in [4.78, 5) is 5.70. The number of nitrogens with zero attached hydrogens (tertiary/aromatic N) is 1. The lowest BCUT2D eigenvalue weighted by atomic mass is 10.4. The molecule has 0 saturated heterocycles. The molecule has 0 radical (unpaired) electrons. The molecule has 1 rings (SSSR count). The summed E-state index contributed by atoms with van der Waals surface area (Å²) in [5, 5.41) is 4.48. The molecule has 1 aromatic heterocycles. The number of hydrogen-bond acceptors (Lipinski definition) is 4. The van der Waals surface area contributed by atoms with Crippen molar-refractivity contribution >= 4 is 11.3 Å². The molecule has 0 aliphatic heterocycles. The lowest BCUT2D eigenvalue weighted by molar-refractivity contribution is 0.158. The normalized spacial score (nSPS) is 10.7. The monoisotopic (exact) mass is 240 g/mol. The van der Waals surface area contributed by atoms with Gasteiger partial charge in [-0.15, -0.1) is 11.3 Å². The zero-order chi connectivity index (χ0) is 12.0. The molecular formula is C12H20N2OS. The van der Waals surface area contributed by atoms with Gasteiger partial charge in [-0.2, -0.15) is 0 Å². The van der Waals surface area contributed by atoms with Crippen LogP contribution in [0.1, 0.15) is 22.5 Å². The largest absolute Gasteiger partial charge is 0.376 e. The van der Waals surface area contributed by atoms with E-state index in [9.17, 15) is 0 Å². The Labute approximate surface area is 102 Å². The van der Waals surface area contributed by atoms with E-state index in [1.807, 2.05) is 13.8 Å². The molecule has 0 aromatic carbocycles. The lowest BCUT2D eigenvalue weighted by Gasteiger charge is -2.05. The lowest BCUT2D eigenvalue weighted by Crippen LogP contribution is -2.19. The van der Waals surface area contributed by atoms with Crippen LogP contribution in [0.4, 0.5) is 0 Å². The van der Waals surface area contributed by atoms with Crippen molar-refractivity contribution in [1.82, 2.24) is 10.3 Å². The van der Waals surface area contributed by atoms with E-state index < -0.39 is 0 Å². The Kier molecular flexibility index (Phi) is 5.66. The maximum absolute atomic E-state index is 5.39. The van der Waals surface area contributed by atoms with E-state index in [0.29, 0.717) is 6.61 Å². The fourth-order valence-electron chi connectivity index (χ4n) is 1.33.